The maximum atomic E-state index is 12.8. The number of likely N-dealkylation sites (N-methyl/N-ethyl adjacent to an activating group) is 1. The first-order chi connectivity index (χ1) is 13.4. The van der Waals surface area contributed by atoms with Crippen LogP contribution in [-0.2, 0) is 9.53 Å². The summed E-state index contributed by atoms with van der Waals surface area (Å²) in [5.74, 6) is -0.220. The van der Waals surface area contributed by atoms with Crippen LogP contribution in [0.3, 0.4) is 0 Å². The lowest BCUT2D eigenvalue weighted by Gasteiger charge is -2.14. The van der Waals surface area contributed by atoms with E-state index in [0.29, 0.717) is 18.8 Å². The minimum Gasteiger partial charge on any atom is -0.370 e. The molecule has 1 aliphatic rings. The van der Waals surface area contributed by atoms with Gasteiger partial charge in [-0.05, 0) is 26.3 Å². The van der Waals surface area contributed by atoms with Crippen LogP contribution in [0, 0.1) is 0 Å². The summed E-state index contributed by atoms with van der Waals surface area (Å²) in [6, 6.07) is 8.09. The Morgan fingerprint density at radius 1 is 1.36 bits per heavy atom. The standard InChI is InChI=1S/C20H29N5O3/c1-13(2)25-17-8-6-5-7-16(17)19(23-25)20(27)22-14-9-15(21-10-14)11-28-12-18(26)24(3)4/h5-8,13-15,21H,9-12H2,1-4H3,(H,22,27)/t14-,15-/m0/s1. The van der Waals surface area contributed by atoms with Crippen LogP contribution in [0.5, 0.6) is 0 Å². The number of para-hydroxylation sites is 1. The zero-order chi connectivity index (χ0) is 20.3. The summed E-state index contributed by atoms with van der Waals surface area (Å²) in [4.78, 5) is 25.9. The molecule has 0 spiro atoms. The van der Waals surface area contributed by atoms with E-state index in [4.69, 9.17) is 4.74 Å². The summed E-state index contributed by atoms with van der Waals surface area (Å²) in [7, 11) is 3.41. The van der Waals surface area contributed by atoms with Gasteiger partial charge < -0.3 is 20.3 Å². The summed E-state index contributed by atoms with van der Waals surface area (Å²) in [5, 5.41) is 11.8. The largest absolute Gasteiger partial charge is 0.370 e. The van der Waals surface area contributed by atoms with Crippen molar-refractivity contribution in [1.29, 1.82) is 0 Å². The number of amides is 2. The molecule has 8 heteroatoms. The van der Waals surface area contributed by atoms with E-state index < -0.39 is 0 Å². The Morgan fingerprint density at radius 3 is 2.82 bits per heavy atom. The third kappa shape index (κ3) is 4.51. The van der Waals surface area contributed by atoms with E-state index in [1.807, 2.05) is 42.8 Å². The highest BCUT2D eigenvalue weighted by Gasteiger charge is 2.27. The van der Waals surface area contributed by atoms with Gasteiger partial charge in [-0.25, -0.2) is 0 Å². The number of ether oxygens (including phenoxy) is 1. The van der Waals surface area contributed by atoms with Crippen LogP contribution < -0.4 is 10.6 Å². The number of rotatable bonds is 7. The molecule has 0 bridgehead atoms. The molecule has 2 atom stereocenters. The first kappa shape index (κ1) is 20.3. The summed E-state index contributed by atoms with van der Waals surface area (Å²) in [6.45, 7) is 5.28. The van der Waals surface area contributed by atoms with Gasteiger partial charge in [-0.15, -0.1) is 0 Å². The second-order valence-electron chi connectivity index (χ2n) is 7.72. The number of nitrogens with one attached hydrogen (secondary N) is 2. The first-order valence-corrected chi connectivity index (χ1v) is 9.66. The number of hydrogen-bond donors (Lipinski definition) is 2. The minimum atomic E-state index is -0.160. The van der Waals surface area contributed by atoms with Crippen molar-refractivity contribution >= 4 is 22.7 Å². The molecule has 2 amide bonds. The molecule has 1 saturated heterocycles. The Balaban J connectivity index is 1.58. The van der Waals surface area contributed by atoms with E-state index >= 15 is 0 Å². The molecule has 152 valence electrons. The highest BCUT2D eigenvalue weighted by molar-refractivity contribution is 6.05. The molecule has 3 rings (SSSR count). The fourth-order valence-corrected chi connectivity index (χ4v) is 3.38. The third-order valence-electron chi connectivity index (χ3n) is 4.92. The molecule has 2 heterocycles. The van der Waals surface area contributed by atoms with Gasteiger partial charge in [0.05, 0.1) is 12.1 Å². The van der Waals surface area contributed by atoms with E-state index in [1.165, 1.54) is 4.90 Å². The molecular formula is C20H29N5O3. The molecule has 8 nitrogen and oxygen atoms in total. The Labute approximate surface area is 165 Å². The van der Waals surface area contributed by atoms with Gasteiger partial charge >= 0.3 is 0 Å². The molecular weight excluding hydrogens is 358 g/mol. The highest BCUT2D eigenvalue weighted by atomic mass is 16.5. The van der Waals surface area contributed by atoms with Gasteiger partial charge in [0.25, 0.3) is 5.91 Å². The number of benzene rings is 1. The van der Waals surface area contributed by atoms with Gasteiger partial charge in [0.1, 0.15) is 6.61 Å². The fraction of sp³-hybridized carbons (Fsp3) is 0.550. The molecule has 1 aromatic carbocycles. The van der Waals surface area contributed by atoms with Crippen molar-refractivity contribution in [3.8, 4) is 0 Å². The predicted molar refractivity (Wildman–Crippen MR) is 107 cm³/mol. The topological polar surface area (TPSA) is 88.5 Å². The molecule has 0 aliphatic carbocycles. The summed E-state index contributed by atoms with van der Waals surface area (Å²) in [5.41, 5.74) is 1.42. The van der Waals surface area contributed by atoms with Gasteiger partial charge in [0, 0.05) is 44.2 Å². The van der Waals surface area contributed by atoms with Crippen LogP contribution in [0.1, 0.15) is 36.8 Å². The lowest BCUT2D eigenvalue weighted by Crippen LogP contribution is -2.36. The van der Waals surface area contributed by atoms with Crippen LogP contribution >= 0.6 is 0 Å². The zero-order valence-corrected chi connectivity index (χ0v) is 16.9. The lowest BCUT2D eigenvalue weighted by atomic mass is 10.1. The Morgan fingerprint density at radius 2 is 2.11 bits per heavy atom. The smallest absolute Gasteiger partial charge is 0.272 e. The molecule has 0 unspecified atom stereocenters. The normalized spacial score (nSPS) is 19.3. The Kier molecular flexibility index (Phi) is 6.31. The van der Waals surface area contributed by atoms with Crippen molar-refractivity contribution < 1.29 is 14.3 Å². The summed E-state index contributed by atoms with van der Waals surface area (Å²) < 4.78 is 7.37. The van der Waals surface area contributed by atoms with Crippen molar-refractivity contribution in [1.82, 2.24) is 25.3 Å². The SMILES string of the molecule is CC(C)n1nc(C(=O)N[C@@H]2CN[C@H](COCC(=O)N(C)C)C2)c2ccccc21. The number of fused-ring (bicyclic) bond motifs is 1. The van der Waals surface area contributed by atoms with Crippen molar-refractivity contribution in [2.75, 3.05) is 33.9 Å². The fourth-order valence-electron chi connectivity index (χ4n) is 3.38. The summed E-state index contributed by atoms with van der Waals surface area (Å²) in [6.07, 6.45) is 0.755. The van der Waals surface area contributed by atoms with E-state index in [9.17, 15) is 9.59 Å². The zero-order valence-electron chi connectivity index (χ0n) is 16.9. The van der Waals surface area contributed by atoms with Gasteiger partial charge in [0.2, 0.25) is 5.91 Å². The van der Waals surface area contributed by atoms with E-state index in [1.54, 1.807) is 14.1 Å². The molecule has 1 fully saturated rings. The second kappa shape index (κ2) is 8.70. The average molecular weight is 387 g/mol. The number of nitrogens with zero attached hydrogens (tertiary/aromatic N) is 3. The molecule has 2 aromatic rings. The van der Waals surface area contributed by atoms with Crippen molar-refractivity contribution in [2.45, 2.75) is 38.4 Å². The molecule has 0 saturated carbocycles. The molecule has 28 heavy (non-hydrogen) atoms. The summed E-state index contributed by atoms with van der Waals surface area (Å²) >= 11 is 0. The molecule has 0 radical (unpaired) electrons. The van der Waals surface area contributed by atoms with Crippen molar-refractivity contribution in [3.63, 3.8) is 0 Å². The average Bonchev–Trinajstić information content (AvgIpc) is 3.26. The minimum absolute atomic E-state index is 0.00797. The number of aromatic nitrogens is 2. The van der Waals surface area contributed by atoms with E-state index in [-0.39, 0.29) is 36.5 Å². The Hall–Kier alpha value is -2.45. The van der Waals surface area contributed by atoms with Gasteiger partial charge in [-0.1, -0.05) is 18.2 Å². The first-order valence-electron chi connectivity index (χ1n) is 9.66. The maximum Gasteiger partial charge on any atom is 0.272 e. The van der Waals surface area contributed by atoms with Gasteiger partial charge in [0.15, 0.2) is 5.69 Å². The lowest BCUT2D eigenvalue weighted by molar-refractivity contribution is -0.133. The van der Waals surface area contributed by atoms with Crippen LogP contribution in [0.25, 0.3) is 10.9 Å². The van der Waals surface area contributed by atoms with Crippen LogP contribution in [0.15, 0.2) is 24.3 Å². The van der Waals surface area contributed by atoms with Crippen molar-refractivity contribution in [2.24, 2.45) is 0 Å². The third-order valence-corrected chi connectivity index (χ3v) is 4.92. The maximum absolute atomic E-state index is 12.8. The van der Waals surface area contributed by atoms with E-state index in [2.05, 4.69) is 15.7 Å². The number of carbonyl (C=O) groups excluding carboxylic acids is 2. The molecule has 2 N–H and O–H groups in total. The van der Waals surface area contributed by atoms with Gasteiger partial charge in [-0.3, -0.25) is 14.3 Å². The van der Waals surface area contributed by atoms with Crippen LogP contribution in [0.4, 0.5) is 0 Å². The number of hydrogen-bond acceptors (Lipinski definition) is 5. The Bertz CT molecular complexity index is 845. The van der Waals surface area contributed by atoms with Crippen LogP contribution in [0.2, 0.25) is 0 Å². The number of carbonyl (C=O) groups is 2. The molecule has 1 aliphatic heterocycles. The monoisotopic (exact) mass is 387 g/mol. The van der Waals surface area contributed by atoms with Crippen molar-refractivity contribution in [3.05, 3.63) is 30.0 Å². The quantitative estimate of drug-likeness (QED) is 0.745. The molecule has 1 aromatic heterocycles. The van der Waals surface area contributed by atoms with Gasteiger partial charge in [-0.2, -0.15) is 5.10 Å². The van der Waals surface area contributed by atoms with E-state index in [0.717, 1.165) is 17.3 Å². The highest BCUT2D eigenvalue weighted by Crippen LogP contribution is 2.22. The predicted octanol–water partition coefficient (Wildman–Crippen LogP) is 1.18. The van der Waals surface area contributed by atoms with Crippen LogP contribution in [-0.4, -0.2) is 72.4 Å². The second-order valence-corrected chi connectivity index (χ2v) is 7.72.